The van der Waals surface area contributed by atoms with E-state index in [1.807, 2.05) is 52.0 Å². The van der Waals surface area contributed by atoms with Crippen LogP contribution in [0.5, 0.6) is 17.2 Å². The number of hydrogen-bond acceptors (Lipinski definition) is 6. The van der Waals surface area contributed by atoms with Crippen molar-refractivity contribution in [3.8, 4) is 17.2 Å². The molecule has 3 rings (SSSR count). The van der Waals surface area contributed by atoms with Gasteiger partial charge in [0.2, 0.25) is 0 Å². The fourth-order valence-electron chi connectivity index (χ4n) is 3.26. The Kier molecular flexibility index (Phi) is 7.05. The zero-order chi connectivity index (χ0) is 22.5. The summed E-state index contributed by atoms with van der Waals surface area (Å²) in [7, 11) is 0. The Morgan fingerprint density at radius 2 is 1.84 bits per heavy atom. The third-order valence-corrected chi connectivity index (χ3v) is 5.10. The Hall–Kier alpha value is -3.22. The van der Waals surface area contributed by atoms with E-state index in [1.54, 1.807) is 12.1 Å². The number of benzene rings is 2. The van der Waals surface area contributed by atoms with Gasteiger partial charge in [0.1, 0.15) is 24.0 Å². The quantitative estimate of drug-likeness (QED) is 0.654. The van der Waals surface area contributed by atoms with Gasteiger partial charge in [0.25, 0.3) is 5.91 Å². The Morgan fingerprint density at radius 3 is 2.52 bits per heavy atom. The highest BCUT2D eigenvalue weighted by atomic mass is 16.6. The van der Waals surface area contributed by atoms with E-state index in [4.69, 9.17) is 14.2 Å². The Bertz CT molecular complexity index is 953. The summed E-state index contributed by atoms with van der Waals surface area (Å²) in [6, 6.07) is 10.8. The molecule has 1 aliphatic heterocycles. The molecule has 0 spiro atoms. The molecule has 7 nitrogen and oxygen atoms in total. The lowest BCUT2D eigenvalue weighted by Crippen LogP contribution is -2.42. The molecule has 0 radical (unpaired) electrons. The SMILES string of the molecule is CC(C)c1cc(C(=O)OCC(=O)NC[C@H]2COc3ccccc3O2)c(O)c(C(C)C)c1. The lowest BCUT2D eigenvalue weighted by Gasteiger charge is -2.26. The van der Waals surface area contributed by atoms with E-state index in [0.717, 1.165) is 5.56 Å². The van der Waals surface area contributed by atoms with Crippen LogP contribution in [0.3, 0.4) is 0 Å². The van der Waals surface area contributed by atoms with Crippen LogP contribution in [0.4, 0.5) is 0 Å². The van der Waals surface area contributed by atoms with Gasteiger partial charge < -0.3 is 24.6 Å². The molecule has 2 aromatic rings. The number of aromatic hydroxyl groups is 1. The Morgan fingerprint density at radius 1 is 1.13 bits per heavy atom. The van der Waals surface area contributed by atoms with E-state index in [-0.39, 0.29) is 35.8 Å². The van der Waals surface area contributed by atoms with Gasteiger partial charge in [-0.25, -0.2) is 4.79 Å². The maximum atomic E-state index is 12.6. The molecule has 2 N–H and O–H groups in total. The number of para-hydroxylation sites is 2. The highest BCUT2D eigenvalue weighted by Gasteiger charge is 2.23. The molecule has 31 heavy (non-hydrogen) atoms. The summed E-state index contributed by atoms with van der Waals surface area (Å²) in [5, 5.41) is 13.2. The zero-order valence-electron chi connectivity index (χ0n) is 18.3. The molecule has 1 aliphatic rings. The molecule has 0 aromatic heterocycles. The van der Waals surface area contributed by atoms with Crippen LogP contribution >= 0.6 is 0 Å². The summed E-state index contributed by atoms with van der Waals surface area (Å²) in [5.74, 6) is 0.218. The van der Waals surface area contributed by atoms with Crippen LogP contribution in [0, 0.1) is 0 Å². The molecule has 1 amide bonds. The average Bonchev–Trinajstić information content (AvgIpc) is 2.75. The van der Waals surface area contributed by atoms with Crippen LogP contribution in [-0.2, 0) is 9.53 Å². The molecule has 166 valence electrons. The van der Waals surface area contributed by atoms with Gasteiger partial charge in [-0.2, -0.15) is 0 Å². The van der Waals surface area contributed by atoms with E-state index in [2.05, 4.69) is 5.32 Å². The third-order valence-electron chi connectivity index (χ3n) is 5.10. The van der Waals surface area contributed by atoms with Crippen molar-refractivity contribution in [1.29, 1.82) is 0 Å². The van der Waals surface area contributed by atoms with Gasteiger partial charge in [0, 0.05) is 0 Å². The minimum atomic E-state index is -0.733. The number of nitrogens with one attached hydrogen (secondary N) is 1. The molecular formula is C24H29NO6. The number of ether oxygens (including phenoxy) is 3. The zero-order valence-corrected chi connectivity index (χ0v) is 18.3. The maximum Gasteiger partial charge on any atom is 0.342 e. The largest absolute Gasteiger partial charge is 0.507 e. The number of phenolic OH excluding ortho intramolecular Hbond substituents is 1. The number of carbonyl (C=O) groups is 2. The number of amides is 1. The topological polar surface area (TPSA) is 94.1 Å². The van der Waals surface area contributed by atoms with Gasteiger partial charge in [-0.3, -0.25) is 4.79 Å². The van der Waals surface area contributed by atoms with Gasteiger partial charge >= 0.3 is 5.97 Å². The highest BCUT2D eigenvalue weighted by Crippen LogP contribution is 2.33. The maximum absolute atomic E-state index is 12.6. The standard InChI is InChI=1S/C24H29NO6/c1-14(2)16-9-18(15(3)4)23(27)19(10-16)24(28)30-13-22(26)25-11-17-12-29-20-7-5-6-8-21(20)31-17/h5-10,14-15,17,27H,11-13H2,1-4H3,(H,25,26)/t17-/m0/s1. The normalized spacial score (nSPS) is 15.1. The first-order valence-electron chi connectivity index (χ1n) is 10.4. The first-order valence-corrected chi connectivity index (χ1v) is 10.4. The number of phenols is 1. The van der Waals surface area contributed by atoms with E-state index in [9.17, 15) is 14.7 Å². The second-order valence-corrected chi connectivity index (χ2v) is 8.19. The fourth-order valence-corrected chi connectivity index (χ4v) is 3.26. The lowest BCUT2D eigenvalue weighted by molar-refractivity contribution is -0.124. The summed E-state index contributed by atoms with van der Waals surface area (Å²) in [6.07, 6.45) is -0.338. The molecule has 0 saturated heterocycles. The number of fused-ring (bicyclic) bond motifs is 1. The molecular weight excluding hydrogens is 398 g/mol. The number of rotatable bonds is 7. The van der Waals surface area contributed by atoms with Crippen LogP contribution in [0.2, 0.25) is 0 Å². The van der Waals surface area contributed by atoms with E-state index >= 15 is 0 Å². The average molecular weight is 427 g/mol. The van der Waals surface area contributed by atoms with Crippen molar-refractivity contribution in [2.45, 2.75) is 45.6 Å². The first-order chi connectivity index (χ1) is 14.8. The summed E-state index contributed by atoms with van der Waals surface area (Å²) in [4.78, 5) is 24.7. The van der Waals surface area contributed by atoms with Crippen molar-refractivity contribution in [2.75, 3.05) is 19.8 Å². The lowest BCUT2D eigenvalue weighted by atomic mass is 9.92. The predicted octanol–water partition coefficient (Wildman–Crippen LogP) is 3.75. The van der Waals surface area contributed by atoms with Crippen LogP contribution in [0.25, 0.3) is 0 Å². The monoisotopic (exact) mass is 427 g/mol. The smallest absolute Gasteiger partial charge is 0.342 e. The summed E-state index contributed by atoms with van der Waals surface area (Å²) in [5.41, 5.74) is 1.67. The van der Waals surface area contributed by atoms with Crippen LogP contribution in [0.15, 0.2) is 36.4 Å². The number of esters is 1. The molecule has 2 aromatic carbocycles. The number of hydrogen-bond donors (Lipinski definition) is 2. The van der Waals surface area contributed by atoms with Crippen molar-refractivity contribution >= 4 is 11.9 Å². The van der Waals surface area contributed by atoms with E-state index < -0.39 is 18.5 Å². The molecule has 0 fully saturated rings. The van der Waals surface area contributed by atoms with Crippen molar-refractivity contribution in [3.05, 3.63) is 53.1 Å². The fraction of sp³-hybridized carbons (Fsp3) is 0.417. The molecule has 0 bridgehead atoms. The summed E-state index contributed by atoms with van der Waals surface area (Å²) in [6.45, 7) is 7.98. The second-order valence-electron chi connectivity index (χ2n) is 8.19. The highest BCUT2D eigenvalue weighted by molar-refractivity contribution is 5.94. The van der Waals surface area contributed by atoms with Crippen molar-refractivity contribution < 1.29 is 28.9 Å². The second kappa shape index (κ2) is 9.73. The third kappa shape index (κ3) is 5.48. The summed E-state index contributed by atoms with van der Waals surface area (Å²) >= 11 is 0. The Labute approximate surface area is 182 Å². The van der Waals surface area contributed by atoms with Gasteiger partial charge in [0.15, 0.2) is 18.1 Å². The minimum Gasteiger partial charge on any atom is -0.507 e. The molecule has 1 heterocycles. The van der Waals surface area contributed by atoms with Crippen molar-refractivity contribution in [2.24, 2.45) is 0 Å². The van der Waals surface area contributed by atoms with Gasteiger partial charge in [-0.15, -0.1) is 0 Å². The molecule has 7 heteroatoms. The van der Waals surface area contributed by atoms with Crippen LogP contribution < -0.4 is 14.8 Å². The molecule has 0 unspecified atom stereocenters. The van der Waals surface area contributed by atoms with Gasteiger partial charge in [0.05, 0.1) is 6.54 Å². The number of carbonyl (C=O) groups excluding carboxylic acids is 2. The molecule has 1 atom stereocenters. The predicted molar refractivity (Wildman–Crippen MR) is 116 cm³/mol. The Balaban J connectivity index is 1.55. The van der Waals surface area contributed by atoms with E-state index in [1.165, 1.54) is 0 Å². The molecule has 0 saturated carbocycles. The van der Waals surface area contributed by atoms with Crippen LogP contribution in [-0.4, -0.2) is 42.8 Å². The minimum absolute atomic E-state index is 0.0383. The van der Waals surface area contributed by atoms with Gasteiger partial charge in [-0.1, -0.05) is 45.9 Å². The summed E-state index contributed by atoms with van der Waals surface area (Å²) < 4.78 is 16.5. The van der Waals surface area contributed by atoms with Crippen molar-refractivity contribution in [3.63, 3.8) is 0 Å². The van der Waals surface area contributed by atoms with Gasteiger partial charge in [-0.05, 0) is 41.2 Å². The molecule has 0 aliphatic carbocycles. The van der Waals surface area contributed by atoms with E-state index in [0.29, 0.717) is 23.7 Å². The van der Waals surface area contributed by atoms with Crippen LogP contribution in [0.1, 0.15) is 61.0 Å². The first kappa shape index (κ1) is 22.5. The van der Waals surface area contributed by atoms with Crippen molar-refractivity contribution in [1.82, 2.24) is 5.32 Å².